The van der Waals surface area contributed by atoms with E-state index in [1.54, 1.807) is 19.6 Å². The lowest BCUT2D eigenvalue weighted by molar-refractivity contribution is -0.128. The number of carbonyl (C=O) groups excluding carboxylic acids is 1. The Kier molecular flexibility index (Phi) is 6.80. The lowest BCUT2D eigenvalue weighted by Gasteiger charge is -2.34. The van der Waals surface area contributed by atoms with Crippen molar-refractivity contribution in [2.45, 2.75) is 44.9 Å². The van der Waals surface area contributed by atoms with E-state index in [9.17, 15) is 4.79 Å². The molecule has 0 radical (unpaired) electrons. The fourth-order valence-electron chi connectivity index (χ4n) is 3.48. The first-order valence-corrected chi connectivity index (χ1v) is 9.31. The van der Waals surface area contributed by atoms with E-state index >= 15 is 0 Å². The highest BCUT2D eigenvalue weighted by Gasteiger charge is 2.28. The zero-order chi connectivity index (χ0) is 18.2. The van der Waals surface area contributed by atoms with Gasteiger partial charge < -0.3 is 14.6 Å². The molecule has 26 heavy (non-hydrogen) atoms. The first-order valence-electron chi connectivity index (χ1n) is 9.31. The minimum absolute atomic E-state index is 0.0562. The lowest BCUT2D eigenvalue weighted by Crippen LogP contribution is -2.48. The van der Waals surface area contributed by atoms with Crippen LogP contribution in [-0.4, -0.2) is 46.7 Å². The quantitative estimate of drug-likeness (QED) is 0.788. The van der Waals surface area contributed by atoms with Crippen LogP contribution in [0.5, 0.6) is 0 Å². The van der Waals surface area contributed by atoms with E-state index in [1.165, 1.54) is 5.56 Å². The standard InChI is InChI=1S/C20H28N4O2/c1-26-12-11-24-16-21-13-18(24)14-22-20(25)19-9-5-6-10-23(19)15-17-7-3-2-4-8-17/h2-4,7-8,13,16,19H,5-6,9-12,14-15H2,1H3,(H,22,25)/t19-/m0/s1. The van der Waals surface area contributed by atoms with Gasteiger partial charge in [-0.1, -0.05) is 36.8 Å². The molecule has 0 unspecified atom stereocenters. The number of aromatic nitrogens is 2. The first-order chi connectivity index (χ1) is 12.8. The predicted molar refractivity (Wildman–Crippen MR) is 100 cm³/mol. The molecular weight excluding hydrogens is 328 g/mol. The number of likely N-dealkylation sites (tertiary alicyclic amines) is 1. The first kappa shape index (κ1) is 18.6. The number of hydrogen-bond donors (Lipinski definition) is 1. The third-order valence-corrected chi connectivity index (χ3v) is 4.92. The second kappa shape index (κ2) is 9.50. The summed E-state index contributed by atoms with van der Waals surface area (Å²) in [6.07, 6.45) is 6.76. The Morgan fingerprint density at radius 1 is 1.31 bits per heavy atom. The molecule has 2 aromatic rings. The number of methoxy groups -OCH3 is 1. The molecule has 0 spiro atoms. The van der Waals surface area contributed by atoms with Gasteiger partial charge in [0, 0.05) is 26.4 Å². The van der Waals surface area contributed by atoms with Crippen LogP contribution in [0.2, 0.25) is 0 Å². The number of nitrogens with one attached hydrogen (secondary N) is 1. The molecule has 0 bridgehead atoms. The van der Waals surface area contributed by atoms with Crippen molar-refractivity contribution in [1.82, 2.24) is 19.8 Å². The minimum atomic E-state index is -0.0562. The summed E-state index contributed by atoms with van der Waals surface area (Å²) in [7, 11) is 1.68. The summed E-state index contributed by atoms with van der Waals surface area (Å²) in [6, 6.07) is 10.3. The molecule has 6 heteroatoms. The molecule has 1 aliphatic rings. The van der Waals surface area contributed by atoms with Gasteiger partial charge in [-0.25, -0.2) is 4.98 Å². The highest BCUT2D eigenvalue weighted by atomic mass is 16.5. The molecule has 6 nitrogen and oxygen atoms in total. The third kappa shape index (κ3) is 4.93. The van der Waals surface area contributed by atoms with Crippen LogP contribution in [-0.2, 0) is 29.2 Å². The highest BCUT2D eigenvalue weighted by molar-refractivity contribution is 5.81. The van der Waals surface area contributed by atoms with Crippen molar-refractivity contribution in [2.75, 3.05) is 20.3 Å². The summed E-state index contributed by atoms with van der Waals surface area (Å²) < 4.78 is 7.14. The molecule has 1 atom stereocenters. The molecule has 0 saturated carbocycles. The molecule has 0 aliphatic carbocycles. The topological polar surface area (TPSA) is 59.4 Å². The zero-order valence-corrected chi connectivity index (χ0v) is 15.4. The Bertz CT molecular complexity index is 686. The van der Waals surface area contributed by atoms with Crippen molar-refractivity contribution in [2.24, 2.45) is 0 Å². The molecule has 140 valence electrons. The van der Waals surface area contributed by atoms with Gasteiger partial charge in [0.15, 0.2) is 0 Å². The minimum Gasteiger partial charge on any atom is -0.383 e. The molecule has 1 amide bonds. The van der Waals surface area contributed by atoms with Crippen LogP contribution in [0.1, 0.15) is 30.5 Å². The van der Waals surface area contributed by atoms with Gasteiger partial charge in [-0.3, -0.25) is 9.69 Å². The monoisotopic (exact) mass is 356 g/mol. The maximum Gasteiger partial charge on any atom is 0.237 e. The van der Waals surface area contributed by atoms with Crippen molar-refractivity contribution in [3.8, 4) is 0 Å². The van der Waals surface area contributed by atoms with Crippen molar-refractivity contribution in [3.63, 3.8) is 0 Å². The van der Waals surface area contributed by atoms with Gasteiger partial charge >= 0.3 is 0 Å². The normalized spacial score (nSPS) is 18.0. The number of ether oxygens (including phenoxy) is 1. The van der Waals surface area contributed by atoms with E-state index in [4.69, 9.17) is 4.74 Å². The molecule has 1 saturated heterocycles. The molecular formula is C20H28N4O2. The Balaban J connectivity index is 1.57. The van der Waals surface area contributed by atoms with E-state index in [2.05, 4.69) is 39.5 Å². The smallest absolute Gasteiger partial charge is 0.237 e. The lowest BCUT2D eigenvalue weighted by atomic mass is 10.0. The fraction of sp³-hybridized carbons (Fsp3) is 0.500. The van der Waals surface area contributed by atoms with Gasteiger partial charge in [0.2, 0.25) is 5.91 Å². The van der Waals surface area contributed by atoms with Gasteiger partial charge in [0.1, 0.15) is 0 Å². The van der Waals surface area contributed by atoms with Crippen LogP contribution in [0.4, 0.5) is 0 Å². The summed E-state index contributed by atoms with van der Waals surface area (Å²) >= 11 is 0. The molecule has 1 aromatic heterocycles. The Morgan fingerprint density at radius 3 is 2.96 bits per heavy atom. The second-order valence-corrected chi connectivity index (χ2v) is 6.76. The van der Waals surface area contributed by atoms with Crippen LogP contribution < -0.4 is 5.32 Å². The van der Waals surface area contributed by atoms with Gasteiger partial charge in [-0.15, -0.1) is 0 Å². The molecule has 3 rings (SSSR count). The van der Waals surface area contributed by atoms with Crippen molar-refractivity contribution < 1.29 is 9.53 Å². The summed E-state index contributed by atoms with van der Waals surface area (Å²) in [5.41, 5.74) is 2.26. The molecule has 1 fully saturated rings. The Labute approximate surface area is 155 Å². The predicted octanol–water partition coefficient (Wildman–Crippen LogP) is 2.20. The average molecular weight is 356 g/mol. The van der Waals surface area contributed by atoms with Crippen molar-refractivity contribution in [3.05, 3.63) is 54.1 Å². The number of amides is 1. The molecule has 1 N–H and O–H groups in total. The van der Waals surface area contributed by atoms with Crippen LogP contribution >= 0.6 is 0 Å². The van der Waals surface area contributed by atoms with Crippen molar-refractivity contribution in [1.29, 1.82) is 0 Å². The number of imidazole rings is 1. The third-order valence-electron chi connectivity index (χ3n) is 4.92. The van der Waals surface area contributed by atoms with E-state index in [0.29, 0.717) is 13.2 Å². The summed E-state index contributed by atoms with van der Waals surface area (Å²) in [5, 5.41) is 3.11. The summed E-state index contributed by atoms with van der Waals surface area (Å²) in [6.45, 7) is 3.66. The van der Waals surface area contributed by atoms with Crippen LogP contribution in [0, 0.1) is 0 Å². The van der Waals surface area contributed by atoms with Crippen molar-refractivity contribution >= 4 is 5.91 Å². The number of piperidine rings is 1. The van der Waals surface area contributed by atoms with Gasteiger partial charge in [0.05, 0.1) is 31.2 Å². The number of rotatable bonds is 8. The summed E-state index contributed by atoms with van der Waals surface area (Å²) in [5.74, 6) is 0.111. The Hall–Kier alpha value is -2.18. The molecule has 1 aromatic carbocycles. The van der Waals surface area contributed by atoms with Gasteiger partial charge in [-0.2, -0.15) is 0 Å². The highest BCUT2D eigenvalue weighted by Crippen LogP contribution is 2.20. The number of nitrogens with zero attached hydrogens (tertiary/aromatic N) is 3. The maximum atomic E-state index is 12.8. The molecule has 1 aliphatic heterocycles. The zero-order valence-electron chi connectivity index (χ0n) is 15.4. The SMILES string of the molecule is COCCn1cncc1CNC(=O)[C@@H]1CCCCN1Cc1ccccc1. The van der Waals surface area contributed by atoms with Gasteiger partial charge in [-0.05, 0) is 24.9 Å². The molecule has 2 heterocycles. The average Bonchev–Trinajstić information content (AvgIpc) is 3.13. The number of carbonyl (C=O) groups is 1. The second-order valence-electron chi connectivity index (χ2n) is 6.76. The number of benzene rings is 1. The van der Waals surface area contributed by atoms with Crippen LogP contribution in [0.25, 0.3) is 0 Å². The van der Waals surface area contributed by atoms with Crippen LogP contribution in [0.15, 0.2) is 42.9 Å². The summed E-state index contributed by atoms with van der Waals surface area (Å²) in [4.78, 5) is 19.3. The van der Waals surface area contributed by atoms with E-state index in [1.807, 2.05) is 10.6 Å². The van der Waals surface area contributed by atoms with Gasteiger partial charge in [0.25, 0.3) is 0 Å². The largest absolute Gasteiger partial charge is 0.383 e. The Morgan fingerprint density at radius 2 is 2.15 bits per heavy atom. The van der Waals surface area contributed by atoms with E-state index in [-0.39, 0.29) is 11.9 Å². The van der Waals surface area contributed by atoms with E-state index in [0.717, 1.165) is 44.6 Å². The fourth-order valence-corrected chi connectivity index (χ4v) is 3.48. The maximum absolute atomic E-state index is 12.8. The van der Waals surface area contributed by atoms with Crippen LogP contribution in [0.3, 0.4) is 0 Å². The van der Waals surface area contributed by atoms with E-state index < -0.39 is 0 Å². The number of hydrogen-bond acceptors (Lipinski definition) is 4.